The van der Waals surface area contributed by atoms with Gasteiger partial charge in [0.15, 0.2) is 5.78 Å². The Hall–Kier alpha value is -3.44. The molecule has 0 aliphatic rings. The summed E-state index contributed by atoms with van der Waals surface area (Å²) in [5.74, 6) is 0.631. The number of ketones is 1. The molecule has 1 N–H and O–H groups in total. The first-order valence-corrected chi connectivity index (χ1v) is 18.2. The molecule has 0 unspecified atom stereocenters. The van der Waals surface area contributed by atoms with Crippen LogP contribution in [0.2, 0.25) is 0 Å². The summed E-state index contributed by atoms with van der Waals surface area (Å²) in [6.07, 6.45) is 6.20. The third-order valence-electron chi connectivity index (χ3n) is 9.50. The van der Waals surface area contributed by atoms with Gasteiger partial charge in [0.2, 0.25) is 0 Å². The molecule has 2 heterocycles. The summed E-state index contributed by atoms with van der Waals surface area (Å²) < 4.78 is 2.37. The zero-order valence-electron chi connectivity index (χ0n) is 30.1. The molecule has 259 valence electrons. The molecule has 0 fully saturated rings. The van der Waals surface area contributed by atoms with Crippen molar-refractivity contribution in [3.63, 3.8) is 0 Å². The van der Waals surface area contributed by atoms with Gasteiger partial charge in [0.1, 0.15) is 12.1 Å². The van der Waals surface area contributed by atoms with Crippen LogP contribution < -0.4 is 0 Å². The fourth-order valence-corrected chi connectivity index (χ4v) is 7.93. The van der Waals surface area contributed by atoms with Gasteiger partial charge in [0.05, 0.1) is 5.52 Å². The first kappa shape index (κ1) is 38.4. The van der Waals surface area contributed by atoms with Crippen LogP contribution in [0.4, 0.5) is 0 Å². The Kier molecular flexibility index (Phi) is 12.9. The van der Waals surface area contributed by atoms with Crippen molar-refractivity contribution < 1.29 is 30.0 Å². The second-order valence-corrected chi connectivity index (χ2v) is 15.1. The van der Waals surface area contributed by atoms with Crippen molar-refractivity contribution in [2.45, 2.75) is 87.5 Å². The number of thiophene rings is 1. The number of Topliss-reactive ketones (excluding diaryl/α,β-unsaturated/α-hetero) is 1. The van der Waals surface area contributed by atoms with E-state index in [0.29, 0.717) is 11.3 Å². The molecule has 0 saturated heterocycles. The second-order valence-electron chi connectivity index (χ2n) is 14.1. The van der Waals surface area contributed by atoms with Crippen molar-refractivity contribution in [2.24, 2.45) is 17.3 Å². The van der Waals surface area contributed by atoms with Crippen LogP contribution in [0, 0.1) is 23.3 Å². The van der Waals surface area contributed by atoms with Crippen LogP contribution in [0.3, 0.4) is 0 Å². The summed E-state index contributed by atoms with van der Waals surface area (Å²) in [6, 6.07) is 27.4. The van der Waals surface area contributed by atoms with Gasteiger partial charge >= 0.3 is 0 Å². The SMILES string of the molecule is CC(C)(C)Cc1cccc2c(-c3ncnc4c3sc3cc5ccccc5cc34)[c-]ccc12.CCC(CC)C(=O)/C(C)=C(\O)C(CC)CC.[Ir]. The van der Waals surface area contributed by atoms with Crippen LogP contribution in [0.1, 0.15) is 86.6 Å². The summed E-state index contributed by atoms with van der Waals surface area (Å²) >= 11 is 1.78. The largest absolute Gasteiger partial charge is 0.512 e. The molecule has 0 bridgehead atoms. The molecule has 49 heavy (non-hydrogen) atoms. The summed E-state index contributed by atoms with van der Waals surface area (Å²) in [5, 5.41) is 16.2. The maximum absolute atomic E-state index is 12.1. The Morgan fingerprint density at radius 3 is 2.12 bits per heavy atom. The molecule has 1 radical (unpaired) electrons. The minimum absolute atomic E-state index is 0. The molecule has 6 aromatic rings. The topological polar surface area (TPSA) is 63.1 Å². The number of fused-ring (bicyclic) bond motifs is 5. The quantitative estimate of drug-likeness (QED) is 0.0894. The van der Waals surface area contributed by atoms with E-state index < -0.39 is 0 Å². The average Bonchev–Trinajstić information content (AvgIpc) is 3.45. The second kappa shape index (κ2) is 16.5. The number of aromatic nitrogens is 2. The number of carbonyl (C=O) groups is 1. The number of benzene rings is 4. The average molecular weight is 850 g/mol. The van der Waals surface area contributed by atoms with Crippen LogP contribution in [-0.4, -0.2) is 20.9 Å². The zero-order chi connectivity index (χ0) is 34.6. The van der Waals surface area contributed by atoms with E-state index in [1.807, 2.05) is 33.8 Å². The van der Waals surface area contributed by atoms with Gasteiger partial charge in [-0.05, 0) is 67.3 Å². The van der Waals surface area contributed by atoms with Crippen molar-refractivity contribution in [2.75, 3.05) is 0 Å². The summed E-state index contributed by atoms with van der Waals surface area (Å²) in [5.41, 5.74) is 5.22. The number of aliphatic hydroxyl groups is 1. The monoisotopic (exact) mass is 850 g/mol. The van der Waals surface area contributed by atoms with Gasteiger partial charge in [-0.15, -0.1) is 35.1 Å². The fraction of sp³-hybridized carbons (Fsp3) is 0.372. The normalized spacial score (nSPS) is 12.4. The zero-order valence-corrected chi connectivity index (χ0v) is 33.3. The van der Waals surface area contributed by atoms with Crippen molar-refractivity contribution in [1.29, 1.82) is 0 Å². The molecule has 4 nitrogen and oxygen atoms in total. The van der Waals surface area contributed by atoms with Gasteiger partial charge in [-0.3, -0.25) is 9.78 Å². The van der Waals surface area contributed by atoms with Crippen LogP contribution in [-0.2, 0) is 31.3 Å². The number of aliphatic hydroxyl groups excluding tert-OH is 1. The Balaban J connectivity index is 0.000000274. The first-order valence-electron chi connectivity index (χ1n) is 17.4. The molecule has 0 amide bonds. The summed E-state index contributed by atoms with van der Waals surface area (Å²) in [4.78, 5) is 21.5. The van der Waals surface area contributed by atoms with Gasteiger partial charge in [0, 0.05) is 58.0 Å². The number of carbonyl (C=O) groups excluding carboxylic acids is 1. The molecule has 4 aromatic carbocycles. The molecule has 6 heteroatoms. The van der Waals surface area contributed by atoms with Crippen LogP contribution in [0.15, 0.2) is 84.4 Å². The van der Waals surface area contributed by atoms with E-state index in [4.69, 9.17) is 9.97 Å². The van der Waals surface area contributed by atoms with Crippen LogP contribution in [0.5, 0.6) is 0 Å². The van der Waals surface area contributed by atoms with Gasteiger partial charge < -0.3 is 5.11 Å². The third kappa shape index (κ3) is 8.31. The van der Waals surface area contributed by atoms with Crippen molar-refractivity contribution >= 4 is 59.0 Å². The predicted octanol–water partition coefficient (Wildman–Crippen LogP) is 12.5. The molecular formula is C43H49IrN2O2S-. The molecule has 2 aromatic heterocycles. The number of rotatable bonds is 9. The Morgan fingerprint density at radius 1 is 0.837 bits per heavy atom. The van der Waals surface area contributed by atoms with E-state index in [1.54, 1.807) is 24.6 Å². The maximum Gasteiger partial charge on any atom is 0.164 e. The van der Waals surface area contributed by atoms with E-state index in [-0.39, 0.29) is 43.1 Å². The standard InChI is InChI=1S/C29H23N2S.C14H26O2.Ir/c1-29(2,3)16-20-10-6-12-22-21(20)11-7-13-23(22)26-28-27(31-17-30-26)24-14-18-8-4-5-9-19(18)15-25(24)32-28;1-6-11(7-2)13(15)10(5)14(16)12(8-3)9-4;/h4-12,14-15,17H,16H2,1-3H3;11-12,15H,6-9H2,1-5H3;/q-1;;/b;13-10-;. The minimum atomic E-state index is 0. The van der Waals surface area contributed by atoms with Gasteiger partial charge in [-0.25, -0.2) is 4.98 Å². The number of hydrogen-bond donors (Lipinski definition) is 1. The molecule has 0 atom stereocenters. The van der Waals surface area contributed by atoms with Crippen LogP contribution in [0.25, 0.3) is 53.1 Å². The minimum Gasteiger partial charge on any atom is -0.512 e. The van der Waals surface area contributed by atoms with E-state index in [9.17, 15) is 9.90 Å². The fourth-order valence-electron chi connectivity index (χ4n) is 6.75. The van der Waals surface area contributed by atoms with E-state index >= 15 is 0 Å². The Morgan fingerprint density at radius 2 is 1.49 bits per heavy atom. The summed E-state index contributed by atoms with van der Waals surface area (Å²) in [7, 11) is 0. The van der Waals surface area contributed by atoms with Gasteiger partial charge in [-0.2, -0.15) is 0 Å². The molecular weight excluding hydrogens is 801 g/mol. The Labute approximate surface area is 309 Å². The molecule has 0 saturated carbocycles. The Bertz CT molecular complexity index is 2100. The van der Waals surface area contributed by atoms with E-state index in [1.165, 1.54) is 37.2 Å². The van der Waals surface area contributed by atoms with Gasteiger partial charge in [0.25, 0.3) is 0 Å². The molecule has 0 aliphatic carbocycles. The number of hydrogen-bond acceptors (Lipinski definition) is 5. The maximum atomic E-state index is 12.1. The number of allylic oxidation sites excluding steroid dienone is 2. The summed E-state index contributed by atoms with van der Waals surface area (Å²) in [6.45, 7) is 16.7. The predicted molar refractivity (Wildman–Crippen MR) is 206 cm³/mol. The molecule has 6 rings (SSSR count). The van der Waals surface area contributed by atoms with Crippen molar-refractivity contribution in [3.8, 4) is 11.3 Å². The smallest absolute Gasteiger partial charge is 0.164 e. The van der Waals surface area contributed by atoms with E-state index in [0.717, 1.165) is 53.6 Å². The van der Waals surface area contributed by atoms with Crippen molar-refractivity contribution in [1.82, 2.24) is 9.97 Å². The third-order valence-corrected chi connectivity index (χ3v) is 10.7. The first-order chi connectivity index (χ1) is 23.0. The van der Waals surface area contributed by atoms with Crippen molar-refractivity contribution in [3.05, 3.63) is 96.0 Å². The molecule has 0 spiro atoms. The van der Waals surface area contributed by atoms with Gasteiger partial charge in [-0.1, -0.05) is 107 Å². The van der Waals surface area contributed by atoms with Crippen LogP contribution >= 0.6 is 11.3 Å². The molecule has 0 aliphatic heterocycles. The number of nitrogens with zero attached hydrogens (tertiary/aromatic N) is 2. The van der Waals surface area contributed by atoms with E-state index in [2.05, 4.69) is 87.5 Å².